The molecule has 1 fully saturated rings. The molecule has 1 atom stereocenters. The Morgan fingerprint density at radius 2 is 2.13 bits per heavy atom. The first kappa shape index (κ1) is 16.7. The predicted octanol–water partition coefficient (Wildman–Crippen LogP) is 3.24. The summed E-state index contributed by atoms with van der Waals surface area (Å²) < 4.78 is 15.4. The summed E-state index contributed by atoms with van der Waals surface area (Å²) in [5.41, 5.74) is 1.15. The van der Waals surface area contributed by atoms with Crippen molar-refractivity contribution in [3.05, 3.63) is 29.2 Å². The van der Waals surface area contributed by atoms with Crippen molar-refractivity contribution in [2.75, 3.05) is 24.6 Å². The minimum atomic E-state index is -2.85. The van der Waals surface area contributed by atoms with Crippen LogP contribution < -0.4 is 4.90 Å². The number of fused-ring (bicyclic) bond motifs is 1. The van der Waals surface area contributed by atoms with Gasteiger partial charge in [-0.25, -0.2) is 9.97 Å². The zero-order valence-electron chi connectivity index (χ0n) is 13.0. The van der Waals surface area contributed by atoms with Crippen LogP contribution in [-0.2, 0) is 9.09 Å². The maximum atomic E-state index is 10.6. The monoisotopic (exact) mass is 355 g/mol. The minimum absolute atomic E-state index is 0.248. The largest absolute Gasteiger partial charge is 0.355 e. The van der Waals surface area contributed by atoms with Crippen LogP contribution in [0.25, 0.3) is 10.8 Å². The van der Waals surface area contributed by atoms with Gasteiger partial charge in [0, 0.05) is 36.8 Å². The molecule has 0 radical (unpaired) electrons. The molecule has 1 aliphatic heterocycles. The van der Waals surface area contributed by atoms with Crippen molar-refractivity contribution < 1.29 is 14.0 Å². The molecule has 1 saturated heterocycles. The van der Waals surface area contributed by atoms with Gasteiger partial charge in [-0.05, 0) is 22.9 Å². The second-order valence-electron chi connectivity index (χ2n) is 6.09. The first-order chi connectivity index (χ1) is 11.0. The normalized spacial score (nSPS) is 16.8. The van der Waals surface area contributed by atoms with Gasteiger partial charge in [0.25, 0.3) is 0 Å². The predicted molar refractivity (Wildman–Crippen MR) is 91.5 cm³/mol. The summed E-state index contributed by atoms with van der Waals surface area (Å²) in [5.74, 6) is 1.47. The van der Waals surface area contributed by atoms with Crippen molar-refractivity contribution in [3.63, 3.8) is 0 Å². The lowest BCUT2D eigenvalue weighted by Gasteiger charge is -2.40. The number of pyridine rings is 2. The molecule has 0 saturated carbocycles. The molecule has 0 amide bonds. The first-order valence-electron chi connectivity index (χ1n) is 7.50. The third-order valence-corrected chi connectivity index (χ3v) is 4.69. The lowest BCUT2D eigenvalue weighted by atomic mass is 9.97. The lowest BCUT2D eigenvalue weighted by Crippen LogP contribution is -2.49. The van der Waals surface area contributed by atoms with E-state index in [1.807, 2.05) is 12.3 Å². The third-order valence-electron chi connectivity index (χ3n) is 4.07. The molecular formula is C15H19ClN3O3P. The van der Waals surface area contributed by atoms with Gasteiger partial charge in [-0.1, -0.05) is 25.4 Å². The quantitative estimate of drug-likeness (QED) is 0.655. The SMILES string of the molecule is CC(C)c1cnc(N2CC(CO[PH](=O)O)C2)c2cnc(Cl)cc12. The van der Waals surface area contributed by atoms with Gasteiger partial charge >= 0.3 is 8.25 Å². The molecule has 1 aliphatic rings. The zero-order chi connectivity index (χ0) is 16.6. The average molecular weight is 356 g/mol. The molecular weight excluding hydrogens is 337 g/mol. The molecule has 3 rings (SSSR count). The number of hydrogen-bond donors (Lipinski definition) is 1. The second-order valence-corrected chi connectivity index (χ2v) is 7.30. The Bertz CT molecular complexity index is 750. The Kier molecular flexibility index (Phi) is 4.87. The highest BCUT2D eigenvalue weighted by Crippen LogP contribution is 2.35. The molecule has 3 heterocycles. The highest BCUT2D eigenvalue weighted by molar-refractivity contribution is 7.32. The Morgan fingerprint density at radius 3 is 2.78 bits per heavy atom. The van der Waals surface area contributed by atoms with Crippen LogP contribution in [0.4, 0.5) is 5.82 Å². The molecule has 2 aromatic heterocycles. The van der Waals surface area contributed by atoms with Crippen LogP contribution in [0.2, 0.25) is 5.15 Å². The minimum Gasteiger partial charge on any atom is -0.355 e. The average Bonchev–Trinajstić information content (AvgIpc) is 2.44. The van der Waals surface area contributed by atoms with Crippen LogP contribution in [0.15, 0.2) is 18.5 Å². The van der Waals surface area contributed by atoms with E-state index in [0.717, 1.165) is 35.2 Å². The van der Waals surface area contributed by atoms with Gasteiger partial charge in [0.05, 0.1) is 6.61 Å². The highest BCUT2D eigenvalue weighted by atomic mass is 35.5. The first-order valence-corrected chi connectivity index (χ1v) is 9.14. The molecule has 0 aromatic carbocycles. The number of nitrogens with zero attached hydrogens (tertiary/aromatic N) is 3. The van der Waals surface area contributed by atoms with Crippen molar-refractivity contribution in [1.82, 2.24) is 9.97 Å². The van der Waals surface area contributed by atoms with Crippen molar-refractivity contribution in [2.24, 2.45) is 5.92 Å². The Balaban J connectivity index is 1.86. The molecule has 0 bridgehead atoms. The van der Waals surface area contributed by atoms with Gasteiger partial charge in [0.1, 0.15) is 11.0 Å². The topological polar surface area (TPSA) is 75.6 Å². The van der Waals surface area contributed by atoms with Gasteiger partial charge in [-0.3, -0.25) is 4.57 Å². The summed E-state index contributed by atoms with van der Waals surface area (Å²) in [6, 6.07) is 1.88. The molecule has 124 valence electrons. The van der Waals surface area contributed by atoms with Gasteiger partial charge in [-0.15, -0.1) is 0 Å². The number of anilines is 1. The summed E-state index contributed by atoms with van der Waals surface area (Å²) in [6.07, 6.45) is 3.66. The van der Waals surface area contributed by atoms with Crippen molar-refractivity contribution >= 4 is 36.4 Å². The smallest absolute Gasteiger partial charge is 0.316 e. The fraction of sp³-hybridized carbons (Fsp3) is 0.467. The van der Waals surface area contributed by atoms with E-state index in [4.69, 9.17) is 21.0 Å². The molecule has 6 nitrogen and oxygen atoms in total. The van der Waals surface area contributed by atoms with Crippen molar-refractivity contribution in [2.45, 2.75) is 19.8 Å². The number of aromatic nitrogens is 2. The molecule has 0 spiro atoms. The van der Waals surface area contributed by atoms with Gasteiger partial charge in [0.15, 0.2) is 0 Å². The maximum absolute atomic E-state index is 10.6. The fourth-order valence-electron chi connectivity index (χ4n) is 2.87. The molecule has 2 aromatic rings. The summed E-state index contributed by atoms with van der Waals surface area (Å²) in [7, 11) is -2.85. The molecule has 1 N–H and O–H groups in total. The molecule has 23 heavy (non-hydrogen) atoms. The van der Waals surface area contributed by atoms with Crippen LogP contribution >= 0.6 is 19.9 Å². The van der Waals surface area contributed by atoms with E-state index < -0.39 is 8.25 Å². The third kappa shape index (κ3) is 3.50. The van der Waals surface area contributed by atoms with E-state index in [2.05, 4.69) is 28.7 Å². The van der Waals surface area contributed by atoms with E-state index in [1.165, 1.54) is 0 Å². The van der Waals surface area contributed by atoms with E-state index in [0.29, 0.717) is 17.7 Å². The van der Waals surface area contributed by atoms with Crippen LogP contribution in [0.5, 0.6) is 0 Å². The van der Waals surface area contributed by atoms with Crippen molar-refractivity contribution in [3.8, 4) is 0 Å². The van der Waals surface area contributed by atoms with Gasteiger partial charge < -0.3 is 14.3 Å². The van der Waals surface area contributed by atoms with E-state index >= 15 is 0 Å². The molecule has 0 aliphatic carbocycles. The van der Waals surface area contributed by atoms with Crippen LogP contribution in [0, 0.1) is 5.92 Å². The summed E-state index contributed by atoms with van der Waals surface area (Å²) in [6.45, 7) is 6.05. The second kappa shape index (κ2) is 6.73. The van der Waals surface area contributed by atoms with E-state index in [9.17, 15) is 4.57 Å². The lowest BCUT2D eigenvalue weighted by molar-refractivity contribution is 0.207. The summed E-state index contributed by atoms with van der Waals surface area (Å²) in [4.78, 5) is 19.7. The van der Waals surface area contributed by atoms with Crippen LogP contribution in [0.1, 0.15) is 25.3 Å². The van der Waals surface area contributed by atoms with Crippen LogP contribution in [-0.4, -0.2) is 34.6 Å². The Labute approximate surface area is 140 Å². The summed E-state index contributed by atoms with van der Waals surface area (Å²) in [5, 5.41) is 2.53. The number of hydrogen-bond acceptors (Lipinski definition) is 5. The molecule has 8 heteroatoms. The van der Waals surface area contributed by atoms with Crippen molar-refractivity contribution in [1.29, 1.82) is 0 Å². The molecule has 1 unspecified atom stereocenters. The fourth-order valence-corrected chi connectivity index (χ4v) is 3.40. The Morgan fingerprint density at radius 1 is 1.39 bits per heavy atom. The van der Waals surface area contributed by atoms with Gasteiger partial charge in [0.2, 0.25) is 0 Å². The summed E-state index contributed by atoms with van der Waals surface area (Å²) >= 11 is 6.06. The maximum Gasteiger partial charge on any atom is 0.316 e. The standard InChI is InChI=1S/C15H19ClN3O3P/c1-9(2)12-4-18-15(13-5-17-14(16)3-11(12)13)19-6-10(7-19)8-22-23(20)21/h3-5,9-10,23H,6-8H2,1-2H3,(H,20,21). The van der Waals surface area contributed by atoms with E-state index in [1.54, 1.807) is 6.20 Å². The van der Waals surface area contributed by atoms with Gasteiger partial charge in [-0.2, -0.15) is 0 Å². The Hall–Kier alpha value is -1.20. The number of rotatable bonds is 5. The number of halogens is 1. The zero-order valence-corrected chi connectivity index (χ0v) is 14.7. The van der Waals surface area contributed by atoms with E-state index in [-0.39, 0.29) is 5.92 Å². The highest BCUT2D eigenvalue weighted by Gasteiger charge is 2.30. The van der Waals surface area contributed by atoms with Crippen LogP contribution in [0.3, 0.4) is 0 Å².